The molecule has 3 aromatic rings. The Kier molecular flexibility index (Phi) is 21.0. The number of aliphatic carboxylic acids is 1. The molecule has 0 radical (unpaired) electrons. The molecule has 0 saturated carbocycles. The minimum absolute atomic E-state index is 0.0740. The Bertz CT molecular complexity index is 1940. The lowest BCUT2D eigenvalue weighted by atomic mass is 10.1. The van der Waals surface area contributed by atoms with Gasteiger partial charge in [-0.3, -0.25) is 14.4 Å². The molecule has 9 N–H and O–H groups in total. The summed E-state index contributed by atoms with van der Waals surface area (Å²) in [6.45, 7) is 9.16. The molecule has 2 aliphatic rings. The van der Waals surface area contributed by atoms with Crippen molar-refractivity contribution in [2.45, 2.75) is 76.5 Å². The number of aliphatic hydroxyl groups is 1. The monoisotopic (exact) mass is 913 g/mol. The van der Waals surface area contributed by atoms with Gasteiger partial charge in [-0.2, -0.15) is 15.0 Å². The number of unbranched alkanes of at least 4 members (excludes halogenated alkanes) is 2. The molecule has 2 amide bonds. The van der Waals surface area contributed by atoms with E-state index in [1.165, 1.54) is 4.68 Å². The fourth-order valence-corrected chi connectivity index (χ4v) is 7.46. The van der Waals surface area contributed by atoms with Crippen LogP contribution in [0.1, 0.15) is 68.9 Å². The molecule has 0 aromatic carbocycles. The van der Waals surface area contributed by atoms with Gasteiger partial charge in [-0.15, -0.1) is 16.6 Å². The molecular weight excluding hydrogens is 845 g/mol. The summed E-state index contributed by atoms with van der Waals surface area (Å²) in [4.78, 5) is 61.1. The first-order chi connectivity index (χ1) is 31.6. The van der Waals surface area contributed by atoms with Gasteiger partial charge in [-0.25, -0.2) is 9.36 Å². The fraction of sp³-hybridized carbons (Fsp3) is 0.707. The summed E-state index contributed by atoms with van der Waals surface area (Å²) < 4.78 is 19.5. The summed E-state index contributed by atoms with van der Waals surface area (Å²) in [5.41, 5.74) is 9.12. The maximum atomic E-state index is 14.1. The van der Waals surface area contributed by atoms with Crippen molar-refractivity contribution in [3.8, 4) is 12.3 Å². The largest absolute Gasteiger partial charge is 0.481 e. The average Bonchev–Trinajstić information content (AvgIpc) is 3.99. The van der Waals surface area contributed by atoms with Crippen molar-refractivity contribution in [1.82, 2.24) is 54.7 Å². The van der Waals surface area contributed by atoms with Gasteiger partial charge in [0.25, 0.3) is 0 Å². The Morgan fingerprint density at radius 1 is 0.754 bits per heavy atom. The average molecular weight is 913 g/mol. The third-order valence-electron chi connectivity index (χ3n) is 11.0. The van der Waals surface area contributed by atoms with Crippen LogP contribution in [0.3, 0.4) is 0 Å². The number of hydrogen-bond acceptors (Lipinski definition) is 17. The molecule has 65 heavy (non-hydrogen) atoms. The zero-order valence-corrected chi connectivity index (χ0v) is 37.7. The number of anilines is 3. The number of aromatic nitrogens is 9. The summed E-state index contributed by atoms with van der Waals surface area (Å²) >= 11 is 0. The van der Waals surface area contributed by atoms with Crippen LogP contribution in [-0.4, -0.2) is 200 Å². The second-order valence-corrected chi connectivity index (χ2v) is 15.9. The first-order valence-electron chi connectivity index (χ1n) is 22.7. The van der Waals surface area contributed by atoms with Crippen molar-refractivity contribution in [1.29, 1.82) is 0 Å². The molecule has 5 rings (SSSR count). The smallest absolute Gasteiger partial charge is 0.303 e. The Morgan fingerprint density at radius 2 is 1.31 bits per heavy atom. The van der Waals surface area contributed by atoms with Crippen molar-refractivity contribution in [2.75, 3.05) is 127 Å². The van der Waals surface area contributed by atoms with Gasteiger partial charge in [0, 0.05) is 77.7 Å². The van der Waals surface area contributed by atoms with Gasteiger partial charge in [-0.05, 0) is 45.4 Å². The molecule has 3 aromatic heterocycles. The summed E-state index contributed by atoms with van der Waals surface area (Å²) in [6.07, 6.45) is 12.6. The predicted octanol–water partition coefficient (Wildman–Crippen LogP) is -2.70. The van der Waals surface area contributed by atoms with E-state index in [9.17, 15) is 19.5 Å². The van der Waals surface area contributed by atoms with E-state index in [1.807, 2.05) is 14.7 Å². The van der Waals surface area contributed by atoms with E-state index in [4.69, 9.17) is 40.7 Å². The molecule has 5 heterocycles. The zero-order chi connectivity index (χ0) is 46.4. The molecule has 0 spiro atoms. The quantitative estimate of drug-likeness (QED) is 0.0350. The first kappa shape index (κ1) is 50.4. The molecule has 2 fully saturated rings. The zero-order valence-electron chi connectivity index (χ0n) is 37.7. The Morgan fingerprint density at radius 3 is 1.91 bits per heavy atom. The number of aliphatic hydroxyl groups excluding tert-OH is 1. The number of carboxylic acid groups (broad SMARTS) is 1. The van der Waals surface area contributed by atoms with Crippen LogP contribution in [0.5, 0.6) is 0 Å². The van der Waals surface area contributed by atoms with Gasteiger partial charge >= 0.3 is 5.97 Å². The van der Waals surface area contributed by atoms with Crippen LogP contribution in [0.2, 0.25) is 0 Å². The number of rotatable bonds is 29. The van der Waals surface area contributed by atoms with Gasteiger partial charge in [0.15, 0.2) is 6.04 Å². The maximum Gasteiger partial charge on any atom is 0.303 e. The molecule has 2 aliphatic heterocycles. The number of nitrogens with one attached hydrogen (secondary N) is 1. The number of nitrogens with zero attached hydrogens (tertiary/aromatic N) is 13. The summed E-state index contributed by atoms with van der Waals surface area (Å²) in [7, 11) is 0. The van der Waals surface area contributed by atoms with E-state index in [0.717, 1.165) is 50.9 Å². The van der Waals surface area contributed by atoms with E-state index in [2.05, 4.69) is 43.3 Å². The normalized spacial score (nSPS) is 15.7. The fourth-order valence-electron chi connectivity index (χ4n) is 7.46. The number of terminal acetylenes is 1. The highest BCUT2D eigenvalue weighted by molar-refractivity contribution is 5.81. The molecule has 3 atom stereocenters. The van der Waals surface area contributed by atoms with Crippen molar-refractivity contribution in [2.24, 2.45) is 0 Å². The van der Waals surface area contributed by atoms with E-state index in [-0.39, 0.29) is 31.3 Å². The van der Waals surface area contributed by atoms with Crippen LogP contribution in [0.4, 0.5) is 17.8 Å². The van der Waals surface area contributed by atoms with Crippen LogP contribution < -0.4 is 26.6 Å². The van der Waals surface area contributed by atoms with E-state index >= 15 is 0 Å². The summed E-state index contributed by atoms with van der Waals surface area (Å²) in [6, 6.07) is -1.49. The summed E-state index contributed by atoms with van der Waals surface area (Å²) in [5.74, 6) is 2.41. The number of hydrogen-bond donors (Lipinski definition) is 5. The Labute approximate surface area is 379 Å². The molecule has 0 bridgehead atoms. The molecule has 24 heteroatoms. The number of carboxylic acids is 1. The van der Waals surface area contributed by atoms with Crippen molar-refractivity contribution < 1.29 is 50.3 Å². The minimum Gasteiger partial charge on any atom is -0.481 e. The van der Waals surface area contributed by atoms with Gasteiger partial charge in [0.05, 0.1) is 70.0 Å². The first-order valence-corrected chi connectivity index (χ1v) is 22.7. The number of amides is 2. The number of carbonyl (C=O) groups excluding carboxylic acids is 2. The third-order valence-corrected chi connectivity index (χ3v) is 11.0. The summed E-state index contributed by atoms with van der Waals surface area (Å²) in [5, 5.41) is 39.9. The van der Waals surface area contributed by atoms with Crippen LogP contribution in [-0.2, 0) is 41.4 Å². The number of carbonyl (C=O) groups is 3. The second-order valence-electron chi connectivity index (χ2n) is 15.9. The molecule has 24 nitrogen and oxygen atoms in total. The predicted molar refractivity (Wildman–Crippen MR) is 235 cm³/mol. The molecule has 2 saturated heterocycles. The number of piperazine rings is 2. The van der Waals surface area contributed by atoms with E-state index < -0.39 is 24.2 Å². The topological polar surface area (TPSA) is 300 Å². The van der Waals surface area contributed by atoms with Gasteiger partial charge in [0.1, 0.15) is 12.6 Å². The Hall–Kier alpha value is -5.58. The van der Waals surface area contributed by atoms with Gasteiger partial charge in [-0.1, -0.05) is 16.3 Å². The van der Waals surface area contributed by atoms with Crippen LogP contribution in [0.25, 0.3) is 0 Å². The Balaban J connectivity index is 1.23. The van der Waals surface area contributed by atoms with Crippen molar-refractivity contribution >= 4 is 35.6 Å². The van der Waals surface area contributed by atoms with Crippen LogP contribution in [0.15, 0.2) is 12.4 Å². The molecule has 358 valence electrons. The maximum absolute atomic E-state index is 14.1. The van der Waals surface area contributed by atoms with Gasteiger partial charge in [0.2, 0.25) is 29.7 Å². The second kappa shape index (κ2) is 27.0. The van der Waals surface area contributed by atoms with E-state index in [1.54, 1.807) is 28.9 Å². The number of ether oxygens (including phenoxy) is 3. The molecular formula is C41H68N16O8+2. The minimum atomic E-state index is -0.990. The SMILES string of the molecule is C#CCOCCOCCOCCNc1nc(N2CCN(C(=O)[C@H]([C@@H](C)O)n3cc(CCCC[NH3+])nn3)CC2)nc(N2CCN(C(=O)[C@H](CCCC[NH3+])n3cc(CCC(=O)O)nn3)CC2)n1. The highest BCUT2D eigenvalue weighted by Crippen LogP contribution is 2.24. The van der Waals surface area contributed by atoms with Crippen LogP contribution in [0, 0.1) is 12.3 Å². The lowest BCUT2D eigenvalue weighted by Gasteiger charge is -2.38. The highest BCUT2D eigenvalue weighted by Gasteiger charge is 2.35. The van der Waals surface area contributed by atoms with Crippen LogP contribution >= 0.6 is 0 Å². The standard InChI is InChI=1S/C41H66N16O8/c1-3-23-63-25-27-65-28-26-64-24-14-44-39-45-40(54-19-15-52(16-20-54)37(61)34(9-5-7-13-43)56-29-33(49-50-56)10-11-35(59)60)47-41(46-39)55-21-17-53(18-22-55)38(62)36(31(2)58)57-30-32(48-51-57)8-4-6-12-42/h1,29-31,34,36,58H,4-28,42-43H2,2H3,(H,59,60)(H,44,45,46,47)/p+2/t31-,34+,36+/m1/s1. The lowest BCUT2D eigenvalue weighted by molar-refractivity contribution is -0.368. The third kappa shape index (κ3) is 15.8. The number of quaternary nitrogens is 2. The molecule has 0 unspecified atom stereocenters. The number of aryl methyl sites for hydroxylation is 2. The van der Waals surface area contributed by atoms with Crippen molar-refractivity contribution in [3.05, 3.63) is 23.8 Å². The molecule has 0 aliphatic carbocycles. The highest BCUT2D eigenvalue weighted by atomic mass is 16.5. The lowest BCUT2D eigenvalue weighted by Crippen LogP contribution is -2.53. The van der Waals surface area contributed by atoms with Crippen molar-refractivity contribution in [3.63, 3.8) is 0 Å². The van der Waals surface area contributed by atoms with Gasteiger partial charge < -0.3 is 60.8 Å². The van der Waals surface area contributed by atoms with E-state index in [0.29, 0.717) is 122 Å².